The summed E-state index contributed by atoms with van der Waals surface area (Å²) in [6.07, 6.45) is -0.0509. The van der Waals surface area contributed by atoms with Crippen molar-refractivity contribution in [1.82, 2.24) is 5.32 Å². The molecule has 0 fully saturated rings. The largest absolute Gasteiger partial charge is 0.391 e. The summed E-state index contributed by atoms with van der Waals surface area (Å²) < 4.78 is 4.80. The molecular formula is C13H18BrNO3. The van der Waals surface area contributed by atoms with Crippen LogP contribution in [-0.2, 0) is 10.1 Å². The summed E-state index contributed by atoms with van der Waals surface area (Å²) in [6, 6.07) is 7.39. The Balaban J connectivity index is 2.35. The maximum atomic E-state index is 11.7. The van der Waals surface area contributed by atoms with E-state index in [4.69, 9.17) is 4.74 Å². The van der Waals surface area contributed by atoms with Crippen molar-refractivity contribution in [3.8, 4) is 0 Å². The molecule has 0 aromatic heterocycles. The quantitative estimate of drug-likeness (QED) is 0.753. The van der Waals surface area contributed by atoms with Crippen LogP contribution in [0.1, 0.15) is 22.3 Å². The number of methoxy groups -OCH3 is 1. The summed E-state index contributed by atoms with van der Waals surface area (Å²) >= 11 is 3.35. The Morgan fingerprint density at radius 3 is 2.67 bits per heavy atom. The van der Waals surface area contributed by atoms with Crippen molar-refractivity contribution < 1.29 is 14.6 Å². The molecule has 4 nitrogen and oxygen atoms in total. The van der Waals surface area contributed by atoms with Crippen LogP contribution < -0.4 is 5.32 Å². The van der Waals surface area contributed by atoms with Gasteiger partial charge in [-0.25, -0.2) is 0 Å². The van der Waals surface area contributed by atoms with Gasteiger partial charge in [0.1, 0.15) is 0 Å². The minimum atomic E-state index is -0.536. The van der Waals surface area contributed by atoms with Crippen molar-refractivity contribution in [2.24, 2.45) is 0 Å². The molecule has 0 aliphatic heterocycles. The highest BCUT2D eigenvalue weighted by molar-refractivity contribution is 9.08. The van der Waals surface area contributed by atoms with Crippen molar-refractivity contribution in [3.05, 3.63) is 35.4 Å². The van der Waals surface area contributed by atoms with Gasteiger partial charge in [0, 0.05) is 24.5 Å². The summed E-state index contributed by atoms with van der Waals surface area (Å²) in [6.45, 7) is 0.722. The predicted molar refractivity (Wildman–Crippen MR) is 73.9 cm³/mol. The van der Waals surface area contributed by atoms with Crippen LogP contribution in [0.4, 0.5) is 0 Å². The number of hydrogen-bond donors (Lipinski definition) is 2. The third-order valence-electron chi connectivity index (χ3n) is 2.49. The van der Waals surface area contributed by atoms with Gasteiger partial charge in [0.25, 0.3) is 5.91 Å². The average Bonchev–Trinajstić information content (AvgIpc) is 2.39. The maximum absolute atomic E-state index is 11.7. The van der Waals surface area contributed by atoms with Crippen molar-refractivity contribution in [2.45, 2.75) is 17.9 Å². The number of benzene rings is 1. The first kappa shape index (κ1) is 15.1. The SMILES string of the molecule is COCC(O)CCNC(=O)c1ccc(CBr)cc1. The molecule has 1 amide bonds. The third-order valence-corrected chi connectivity index (χ3v) is 3.14. The van der Waals surface area contributed by atoms with Crippen LogP contribution in [0.25, 0.3) is 0 Å². The Kier molecular flexibility index (Phi) is 6.93. The fourth-order valence-corrected chi connectivity index (χ4v) is 1.85. The Morgan fingerprint density at radius 1 is 1.44 bits per heavy atom. The summed E-state index contributed by atoms with van der Waals surface area (Å²) in [7, 11) is 1.53. The second-order valence-corrected chi connectivity index (χ2v) is 4.55. The van der Waals surface area contributed by atoms with Crippen LogP contribution in [0.15, 0.2) is 24.3 Å². The van der Waals surface area contributed by atoms with Gasteiger partial charge in [-0.3, -0.25) is 4.79 Å². The zero-order chi connectivity index (χ0) is 13.4. The lowest BCUT2D eigenvalue weighted by Gasteiger charge is -2.10. The van der Waals surface area contributed by atoms with Crippen LogP contribution in [0.2, 0.25) is 0 Å². The van der Waals surface area contributed by atoms with E-state index >= 15 is 0 Å². The van der Waals surface area contributed by atoms with Gasteiger partial charge in [0.15, 0.2) is 0 Å². The molecule has 0 bridgehead atoms. The molecule has 18 heavy (non-hydrogen) atoms. The first-order valence-corrected chi connectivity index (χ1v) is 6.89. The molecule has 0 saturated carbocycles. The van der Waals surface area contributed by atoms with Crippen molar-refractivity contribution in [3.63, 3.8) is 0 Å². The van der Waals surface area contributed by atoms with E-state index in [1.165, 1.54) is 7.11 Å². The van der Waals surface area contributed by atoms with E-state index in [9.17, 15) is 9.90 Å². The zero-order valence-electron chi connectivity index (χ0n) is 10.4. The lowest BCUT2D eigenvalue weighted by molar-refractivity contribution is 0.0587. The standard InChI is InChI=1S/C13H18BrNO3/c1-18-9-12(16)6-7-15-13(17)11-4-2-10(8-14)3-5-11/h2-5,12,16H,6-9H2,1H3,(H,15,17). The topological polar surface area (TPSA) is 58.6 Å². The number of carbonyl (C=O) groups is 1. The molecule has 1 aromatic rings. The van der Waals surface area contributed by atoms with E-state index in [2.05, 4.69) is 21.2 Å². The normalized spacial score (nSPS) is 12.2. The van der Waals surface area contributed by atoms with Gasteiger partial charge in [-0.2, -0.15) is 0 Å². The zero-order valence-corrected chi connectivity index (χ0v) is 11.9. The number of aliphatic hydroxyl groups is 1. The molecule has 0 saturated heterocycles. The first-order valence-electron chi connectivity index (χ1n) is 5.77. The first-order chi connectivity index (χ1) is 8.67. The smallest absolute Gasteiger partial charge is 0.251 e. The highest BCUT2D eigenvalue weighted by atomic mass is 79.9. The molecule has 0 heterocycles. The van der Waals surface area contributed by atoms with Crippen LogP contribution in [0.5, 0.6) is 0 Å². The molecule has 0 aliphatic carbocycles. The van der Waals surface area contributed by atoms with E-state index < -0.39 is 6.10 Å². The van der Waals surface area contributed by atoms with Crippen LogP contribution in [0.3, 0.4) is 0 Å². The van der Waals surface area contributed by atoms with Crippen molar-refractivity contribution in [2.75, 3.05) is 20.3 Å². The number of alkyl halides is 1. The van der Waals surface area contributed by atoms with Gasteiger partial charge in [-0.05, 0) is 24.1 Å². The van der Waals surface area contributed by atoms with Crippen LogP contribution in [-0.4, -0.2) is 37.4 Å². The molecule has 0 radical (unpaired) electrons. The number of carbonyl (C=O) groups excluding carboxylic acids is 1. The lowest BCUT2D eigenvalue weighted by atomic mass is 10.1. The van der Waals surface area contributed by atoms with Gasteiger partial charge >= 0.3 is 0 Å². The molecule has 1 rings (SSSR count). The molecule has 1 unspecified atom stereocenters. The third kappa shape index (κ3) is 5.16. The van der Waals surface area contributed by atoms with E-state index in [1.807, 2.05) is 12.1 Å². The van der Waals surface area contributed by atoms with Gasteiger partial charge in [-0.15, -0.1) is 0 Å². The van der Waals surface area contributed by atoms with Gasteiger partial charge in [-0.1, -0.05) is 28.1 Å². The second kappa shape index (κ2) is 8.24. The molecule has 0 aliphatic rings. The highest BCUT2D eigenvalue weighted by Gasteiger charge is 2.07. The summed E-state index contributed by atoms with van der Waals surface area (Å²) in [5.74, 6) is -0.124. The van der Waals surface area contributed by atoms with E-state index in [0.29, 0.717) is 18.5 Å². The van der Waals surface area contributed by atoms with Crippen LogP contribution in [0, 0.1) is 0 Å². The van der Waals surface area contributed by atoms with Gasteiger partial charge < -0.3 is 15.2 Å². The highest BCUT2D eigenvalue weighted by Crippen LogP contribution is 2.07. The number of amides is 1. The average molecular weight is 316 g/mol. The minimum Gasteiger partial charge on any atom is -0.391 e. The Labute approximate surface area is 115 Å². The Morgan fingerprint density at radius 2 is 2.11 bits per heavy atom. The number of hydrogen-bond acceptors (Lipinski definition) is 3. The molecular weight excluding hydrogens is 298 g/mol. The Bertz CT molecular complexity index is 367. The second-order valence-electron chi connectivity index (χ2n) is 3.98. The molecule has 5 heteroatoms. The fourth-order valence-electron chi connectivity index (χ4n) is 1.48. The summed E-state index contributed by atoms with van der Waals surface area (Å²) in [5, 5.41) is 13.0. The molecule has 1 aromatic carbocycles. The molecule has 0 spiro atoms. The lowest BCUT2D eigenvalue weighted by Crippen LogP contribution is -2.28. The molecule has 1 atom stereocenters. The monoisotopic (exact) mass is 315 g/mol. The molecule has 2 N–H and O–H groups in total. The number of halogens is 1. The van der Waals surface area contributed by atoms with Crippen molar-refractivity contribution in [1.29, 1.82) is 0 Å². The maximum Gasteiger partial charge on any atom is 0.251 e. The number of nitrogens with one attached hydrogen (secondary N) is 1. The van der Waals surface area contributed by atoms with Gasteiger partial charge in [0.05, 0.1) is 12.7 Å². The van der Waals surface area contributed by atoms with Crippen molar-refractivity contribution >= 4 is 21.8 Å². The number of ether oxygens (including phenoxy) is 1. The number of rotatable bonds is 7. The van der Waals surface area contributed by atoms with E-state index in [0.717, 1.165) is 10.9 Å². The minimum absolute atomic E-state index is 0.124. The number of aliphatic hydroxyl groups excluding tert-OH is 1. The van der Waals surface area contributed by atoms with E-state index in [1.54, 1.807) is 12.1 Å². The van der Waals surface area contributed by atoms with E-state index in [-0.39, 0.29) is 12.5 Å². The Hall–Kier alpha value is -0.910. The molecule has 100 valence electrons. The predicted octanol–water partition coefficient (Wildman–Crippen LogP) is 1.71. The van der Waals surface area contributed by atoms with Crippen LogP contribution >= 0.6 is 15.9 Å². The van der Waals surface area contributed by atoms with Gasteiger partial charge in [0.2, 0.25) is 0 Å². The fraction of sp³-hybridized carbons (Fsp3) is 0.462. The summed E-state index contributed by atoms with van der Waals surface area (Å²) in [5.41, 5.74) is 1.75. The summed E-state index contributed by atoms with van der Waals surface area (Å²) in [4.78, 5) is 11.7.